The monoisotopic (exact) mass is 348 g/mol. The minimum atomic E-state index is 0.742. The minimum absolute atomic E-state index is 0.742. The Morgan fingerprint density at radius 3 is 2.64 bits per heavy atom. The molecule has 4 aromatic rings. The van der Waals surface area contributed by atoms with Crippen LogP contribution in [0.4, 0.5) is 16.5 Å². The van der Waals surface area contributed by atoms with Gasteiger partial charge in [0.2, 0.25) is 0 Å². The van der Waals surface area contributed by atoms with Crippen molar-refractivity contribution in [3.05, 3.63) is 60.9 Å². The van der Waals surface area contributed by atoms with Crippen LogP contribution in [0.2, 0.25) is 0 Å². The highest BCUT2D eigenvalue weighted by atomic mass is 32.1. The fraction of sp³-hybridized carbons (Fsp3) is 0.0526. The number of ether oxygens (including phenoxy) is 1. The van der Waals surface area contributed by atoms with E-state index < -0.39 is 0 Å². The molecule has 2 heterocycles. The number of anilines is 3. The number of hydrogen-bond donors (Lipinski definition) is 2. The third kappa shape index (κ3) is 3.25. The molecular weight excluding hydrogens is 332 g/mol. The second kappa shape index (κ2) is 6.41. The van der Waals surface area contributed by atoms with Crippen molar-refractivity contribution in [2.75, 3.05) is 18.2 Å². The van der Waals surface area contributed by atoms with Crippen LogP contribution in [-0.2, 0) is 0 Å². The van der Waals surface area contributed by atoms with Crippen LogP contribution in [0.3, 0.4) is 0 Å². The van der Waals surface area contributed by atoms with Crippen LogP contribution in [0, 0.1) is 0 Å². The van der Waals surface area contributed by atoms with E-state index in [1.54, 1.807) is 24.6 Å². The van der Waals surface area contributed by atoms with Gasteiger partial charge in [-0.15, -0.1) is 0 Å². The van der Waals surface area contributed by atoms with E-state index in [0.29, 0.717) is 0 Å². The summed E-state index contributed by atoms with van der Waals surface area (Å²) in [5.74, 6) is 0.743. The molecule has 0 aliphatic carbocycles. The number of aromatic nitrogens is 2. The van der Waals surface area contributed by atoms with Crippen molar-refractivity contribution in [1.29, 1.82) is 0 Å². The number of fused-ring (bicyclic) bond motifs is 1. The average Bonchev–Trinajstić information content (AvgIpc) is 3.05. The lowest BCUT2D eigenvalue weighted by molar-refractivity contribution is 0.413. The number of nitrogen functional groups attached to an aromatic ring is 1. The van der Waals surface area contributed by atoms with E-state index in [1.165, 1.54) is 0 Å². The molecule has 0 spiro atoms. The van der Waals surface area contributed by atoms with Crippen LogP contribution < -0.4 is 15.8 Å². The zero-order valence-corrected chi connectivity index (χ0v) is 14.4. The first-order chi connectivity index (χ1) is 12.2. The zero-order chi connectivity index (χ0) is 17.2. The molecule has 0 saturated heterocycles. The van der Waals surface area contributed by atoms with Gasteiger partial charge in [-0.05, 0) is 48.0 Å². The van der Waals surface area contributed by atoms with Gasteiger partial charge in [0.1, 0.15) is 5.75 Å². The van der Waals surface area contributed by atoms with Gasteiger partial charge in [0.05, 0.1) is 23.5 Å². The summed E-state index contributed by atoms with van der Waals surface area (Å²) in [6.45, 7) is 0. The molecule has 3 N–H and O–H groups in total. The lowest BCUT2D eigenvalue weighted by Crippen LogP contribution is -1.90. The Labute approximate surface area is 149 Å². The molecule has 6 heteroatoms. The summed E-state index contributed by atoms with van der Waals surface area (Å²) in [6, 6.07) is 15.8. The number of pyridine rings is 1. The summed E-state index contributed by atoms with van der Waals surface area (Å²) in [7, 11) is 1.64. The molecule has 124 valence electrons. The summed E-state index contributed by atoms with van der Waals surface area (Å²) in [6.07, 6.45) is 3.53. The van der Waals surface area contributed by atoms with Gasteiger partial charge in [-0.3, -0.25) is 4.98 Å². The van der Waals surface area contributed by atoms with E-state index in [4.69, 9.17) is 10.5 Å². The Balaban J connectivity index is 1.65. The first kappa shape index (κ1) is 15.4. The Kier molecular flexibility index (Phi) is 3.95. The predicted molar refractivity (Wildman–Crippen MR) is 104 cm³/mol. The number of methoxy groups -OCH3 is 1. The minimum Gasteiger partial charge on any atom is -0.495 e. The Bertz CT molecular complexity index is 1030. The van der Waals surface area contributed by atoms with Gasteiger partial charge in [-0.2, -0.15) is 0 Å². The third-order valence-corrected chi connectivity index (χ3v) is 4.77. The fourth-order valence-corrected chi connectivity index (χ4v) is 3.46. The molecular formula is C19H16N4OS. The molecule has 0 unspecified atom stereocenters. The van der Waals surface area contributed by atoms with Crippen molar-refractivity contribution < 1.29 is 4.74 Å². The zero-order valence-electron chi connectivity index (χ0n) is 13.6. The molecule has 25 heavy (non-hydrogen) atoms. The first-order valence-electron chi connectivity index (χ1n) is 7.74. The van der Waals surface area contributed by atoms with Crippen molar-refractivity contribution in [1.82, 2.24) is 9.97 Å². The van der Waals surface area contributed by atoms with Gasteiger partial charge < -0.3 is 15.8 Å². The standard InChI is InChI=1S/C19H16N4OS/c1-24-16-8-13(10-21-11-16)12-2-7-17-18(9-12)25-19(23-17)22-15-5-3-14(20)4-6-15/h2-11H,20H2,1H3,(H,22,23). The summed E-state index contributed by atoms with van der Waals surface area (Å²) in [5.41, 5.74) is 10.5. The van der Waals surface area contributed by atoms with E-state index in [9.17, 15) is 0 Å². The maximum atomic E-state index is 5.72. The maximum Gasteiger partial charge on any atom is 0.188 e. The molecule has 0 saturated carbocycles. The summed E-state index contributed by atoms with van der Waals surface area (Å²) >= 11 is 1.61. The highest BCUT2D eigenvalue weighted by molar-refractivity contribution is 7.22. The van der Waals surface area contributed by atoms with Gasteiger partial charge in [-0.1, -0.05) is 17.4 Å². The summed E-state index contributed by atoms with van der Waals surface area (Å²) in [4.78, 5) is 8.86. The van der Waals surface area contributed by atoms with Crippen molar-refractivity contribution in [2.45, 2.75) is 0 Å². The number of nitrogens with two attached hydrogens (primary N) is 1. The number of thiazole rings is 1. The maximum absolute atomic E-state index is 5.72. The van der Waals surface area contributed by atoms with Crippen molar-refractivity contribution in [3.63, 3.8) is 0 Å². The predicted octanol–water partition coefficient (Wildman–Crippen LogP) is 4.69. The van der Waals surface area contributed by atoms with Crippen molar-refractivity contribution in [2.24, 2.45) is 0 Å². The van der Waals surface area contributed by atoms with E-state index in [0.717, 1.165) is 43.6 Å². The van der Waals surface area contributed by atoms with Gasteiger partial charge in [0, 0.05) is 23.1 Å². The Morgan fingerprint density at radius 1 is 1.00 bits per heavy atom. The fourth-order valence-electron chi connectivity index (χ4n) is 2.54. The molecule has 0 aliphatic rings. The normalized spacial score (nSPS) is 10.8. The second-order valence-corrected chi connectivity index (χ2v) is 6.59. The molecule has 0 amide bonds. The average molecular weight is 348 g/mol. The van der Waals surface area contributed by atoms with Gasteiger partial charge >= 0.3 is 0 Å². The highest BCUT2D eigenvalue weighted by Crippen LogP contribution is 2.32. The van der Waals surface area contributed by atoms with Gasteiger partial charge in [0.25, 0.3) is 0 Å². The van der Waals surface area contributed by atoms with Gasteiger partial charge in [-0.25, -0.2) is 4.98 Å². The number of hydrogen-bond acceptors (Lipinski definition) is 6. The van der Waals surface area contributed by atoms with Crippen LogP contribution in [0.1, 0.15) is 0 Å². The van der Waals surface area contributed by atoms with Crippen LogP contribution in [0.5, 0.6) is 5.75 Å². The number of benzene rings is 2. The first-order valence-corrected chi connectivity index (χ1v) is 8.55. The van der Waals surface area contributed by atoms with Crippen LogP contribution in [-0.4, -0.2) is 17.1 Å². The number of nitrogens with zero attached hydrogens (tertiary/aromatic N) is 2. The van der Waals surface area contributed by atoms with Crippen LogP contribution in [0.25, 0.3) is 21.3 Å². The second-order valence-electron chi connectivity index (χ2n) is 5.56. The van der Waals surface area contributed by atoms with E-state index >= 15 is 0 Å². The molecule has 0 aliphatic heterocycles. The number of rotatable bonds is 4. The molecule has 5 nitrogen and oxygen atoms in total. The Morgan fingerprint density at radius 2 is 1.84 bits per heavy atom. The van der Waals surface area contributed by atoms with Crippen molar-refractivity contribution >= 4 is 38.1 Å². The molecule has 0 atom stereocenters. The number of nitrogens with one attached hydrogen (secondary N) is 1. The Hall–Kier alpha value is -3.12. The van der Waals surface area contributed by atoms with E-state index in [1.807, 2.05) is 48.7 Å². The lowest BCUT2D eigenvalue weighted by Gasteiger charge is -2.03. The lowest BCUT2D eigenvalue weighted by atomic mass is 10.1. The summed E-state index contributed by atoms with van der Waals surface area (Å²) in [5, 5.41) is 4.17. The molecule has 2 aromatic carbocycles. The molecule has 0 fully saturated rings. The molecule has 4 rings (SSSR count). The molecule has 0 radical (unpaired) electrons. The molecule has 2 aromatic heterocycles. The van der Waals surface area contributed by atoms with Crippen LogP contribution in [0.15, 0.2) is 60.9 Å². The van der Waals surface area contributed by atoms with Crippen LogP contribution >= 0.6 is 11.3 Å². The third-order valence-electron chi connectivity index (χ3n) is 3.83. The summed E-state index contributed by atoms with van der Waals surface area (Å²) < 4.78 is 6.36. The quantitative estimate of drug-likeness (QED) is 0.523. The van der Waals surface area contributed by atoms with E-state index in [2.05, 4.69) is 21.4 Å². The van der Waals surface area contributed by atoms with E-state index in [-0.39, 0.29) is 0 Å². The highest BCUT2D eigenvalue weighted by Gasteiger charge is 2.07. The van der Waals surface area contributed by atoms with Crippen molar-refractivity contribution in [3.8, 4) is 16.9 Å². The SMILES string of the molecule is COc1cncc(-c2ccc3nc(Nc4ccc(N)cc4)sc3c2)c1. The van der Waals surface area contributed by atoms with Gasteiger partial charge in [0.15, 0.2) is 5.13 Å². The molecule has 0 bridgehead atoms. The topological polar surface area (TPSA) is 73.1 Å². The smallest absolute Gasteiger partial charge is 0.188 e. The largest absolute Gasteiger partial charge is 0.495 e.